The Morgan fingerprint density at radius 1 is 1.22 bits per heavy atom. The molecule has 5 nitrogen and oxygen atoms in total. The summed E-state index contributed by atoms with van der Waals surface area (Å²) in [6.45, 7) is 3.95. The quantitative estimate of drug-likeness (QED) is 0.734. The fourth-order valence-corrected chi connectivity index (χ4v) is 2.96. The third-order valence-electron chi connectivity index (χ3n) is 4.02. The third-order valence-corrected chi connectivity index (χ3v) is 4.02. The molecule has 0 bridgehead atoms. The van der Waals surface area contributed by atoms with Crippen LogP contribution in [0.25, 0.3) is 0 Å². The lowest BCUT2D eigenvalue weighted by atomic mass is 10.0. The number of anilines is 1. The molecule has 2 saturated heterocycles. The molecule has 0 saturated carbocycles. The predicted molar refractivity (Wildman–Crippen MR) is 69.6 cm³/mol. The molecule has 18 heavy (non-hydrogen) atoms. The summed E-state index contributed by atoms with van der Waals surface area (Å²) in [4.78, 5) is 13.3. The number of rotatable bonds is 1. The van der Waals surface area contributed by atoms with Crippen LogP contribution in [0, 0.1) is 0 Å². The SMILES string of the molecule is CN1CCOC2CCN(c3cnccn3)CCC21. The van der Waals surface area contributed by atoms with Crippen molar-refractivity contribution in [2.45, 2.75) is 25.0 Å². The van der Waals surface area contributed by atoms with Crippen molar-refractivity contribution in [3.63, 3.8) is 0 Å². The molecule has 2 aliphatic rings. The molecule has 3 rings (SSSR count). The van der Waals surface area contributed by atoms with Crippen LogP contribution in [-0.4, -0.2) is 60.3 Å². The normalized spacial score (nSPS) is 29.7. The van der Waals surface area contributed by atoms with Crippen LogP contribution in [0.3, 0.4) is 0 Å². The van der Waals surface area contributed by atoms with Crippen LogP contribution in [0.2, 0.25) is 0 Å². The molecule has 0 aromatic carbocycles. The fourth-order valence-electron chi connectivity index (χ4n) is 2.96. The average Bonchev–Trinajstić information content (AvgIpc) is 2.63. The lowest BCUT2D eigenvalue weighted by molar-refractivity contribution is -0.0616. The molecule has 0 N–H and O–H groups in total. The first-order valence-electron chi connectivity index (χ1n) is 6.67. The van der Waals surface area contributed by atoms with Gasteiger partial charge < -0.3 is 9.64 Å². The highest BCUT2D eigenvalue weighted by atomic mass is 16.5. The van der Waals surface area contributed by atoms with Crippen LogP contribution >= 0.6 is 0 Å². The van der Waals surface area contributed by atoms with E-state index in [-0.39, 0.29) is 0 Å². The molecule has 5 heteroatoms. The Kier molecular flexibility index (Phi) is 3.43. The summed E-state index contributed by atoms with van der Waals surface area (Å²) in [5.74, 6) is 0.985. The second-order valence-corrected chi connectivity index (χ2v) is 5.09. The molecule has 0 amide bonds. The molecule has 0 spiro atoms. The van der Waals surface area contributed by atoms with E-state index in [0.29, 0.717) is 12.1 Å². The van der Waals surface area contributed by atoms with Gasteiger partial charge in [0.25, 0.3) is 0 Å². The van der Waals surface area contributed by atoms with E-state index >= 15 is 0 Å². The van der Waals surface area contributed by atoms with Gasteiger partial charge in [-0.25, -0.2) is 4.98 Å². The van der Waals surface area contributed by atoms with E-state index in [0.717, 1.165) is 44.9 Å². The van der Waals surface area contributed by atoms with Gasteiger partial charge in [0.2, 0.25) is 0 Å². The number of nitrogens with zero attached hydrogens (tertiary/aromatic N) is 4. The van der Waals surface area contributed by atoms with Gasteiger partial charge in [-0.1, -0.05) is 0 Å². The van der Waals surface area contributed by atoms with Crippen molar-refractivity contribution < 1.29 is 4.74 Å². The molecule has 0 radical (unpaired) electrons. The maximum atomic E-state index is 5.91. The molecule has 2 unspecified atom stereocenters. The first kappa shape index (κ1) is 11.9. The van der Waals surface area contributed by atoms with Gasteiger partial charge in [0.1, 0.15) is 5.82 Å². The fraction of sp³-hybridized carbons (Fsp3) is 0.692. The van der Waals surface area contributed by atoms with Gasteiger partial charge in [-0.3, -0.25) is 9.88 Å². The summed E-state index contributed by atoms with van der Waals surface area (Å²) >= 11 is 0. The van der Waals surface area contributed by atoms with E-state index in [1.165, 1.54) is 0 Å². The van der Waals surface area contributed by atoms with Gasteiger partial charge in [0.05, 0.1) is 18.9 Å². The van der Waals surface area contributed by atoms with Crippen LogP contribution in [0.1, 0.15) is 12.8 Å². The van der Waals surface area contributed by atoms with Crippen molar-refractivity contribution in [1.82, 2.24) is 14.9 Å². The number of ether oxygens (including phenoxy) is 1. The maximum Gasteiger partial charge on any atom is 0.147 e. The number of hydrogen-bond acceptors (Lipinski definition) is 5. The Morgan fingerprint density at radius 2 is 2.11 bits per heavy atom. The molecule has 0 aliphatic carbocycles. The zero-order valence-electron chi connectivity index (χ0n) is 10.8. The monoisotopic (exact) mass is 248 g/mol. The number of morpholine rings is 1. The highest BCUT2D eigenvalue weighted by Gasteiger charge is 2.32. The maximum absolute atomic E-state index is 5.91. The van der Waals surface area contributed by atoms with E-state index in [9.17, 15) is 0 Å². The second-order valence-electron chi connectivity index (χ2n) is 5.09. The van der Waals surface area contributed by atoms with Crippen molar-refractivity contribution in [3.05, 3.63) is 18.6 Å². The van der Waals surface area contributed by atoms with Crippen molar-refractivity contribution in [3.8, 4) is 0 Å². The van der Waals surface area contributed by atoms with Crippen LogP contribution in [0.4, 0.5) is 5.82 Å². The molecule has 2 fully saturated rings. The topological polar surface area (TPSA) is 41.5 Å². The zero-order valence-corrected chi connectivity index (χ0v) is 10.8. The Hall–Kier alpha value is -1.20. The number of likely N-dealkylation sites (N-methyl/N-ethyl adjacent to an activating group) is 1. The Bertz CT molecular complexity index is 386. The first-order chi connectivity index (χ1) is 8.84. The first-order valence-corrected chi connectivity index (χ1v) is 6.67. The minimum Gasteiger partial charge on any atom is -0.375 e. The number of aromatic nitrogens is 2. The summed E-state index contributed by atoms with van der Waals surface area (Å²) in [7, 11) is 2.21. The molecular formula is C13H20N4O. The summed E-state index contributed by atoms with van der Waals surface area (Å²) < 4.78 is 5.91. The van der Waals surface area contributed by atoms with Crippen LogP contribution in [0.15, 0.2) is 18.6 Å². The van der Waals surface area contributed by atoms with Crippen molar-refractivity contribution in [2.24, 2.45) is 0 Å². The van der Waals surface area contributed by atoms with Crippen molar-refractivity contribution in [2.75, 3.05) is 38.2 Å². The van der Waals surface area contributed by atoms with Gasteiger partial charge >= 0.3 is 0 Å². The molecule has 1 aromatic heterocycles. The largest absolute Gasteiger partial charge is 0.375 e. The van der Waals surface area contributed by atoms with Crippen molar-refractivity contribution >= 4 is 5.82 Å². The van der Waals surface area contributed by atoms with Gasteiger partial charge in [0.15, 0.2) is 0 Å². The summed E-state index contributed by atoms with van der Waals surface area (Å²) in [6, 6.07) is 0.556. The predicted octanol–water partition coefficient (Wildman–Crippen LogP) is 0.776. The van der Waals surface area contributed by atoms with E-state index in [1.54, 1.807) is 12.4 Å². The Morgan fingerprint density at radius 3 is 2.94 bits per heavy atom. The summed E-state index contributed by atoms with van der Waals surface area (Å²) in [6.07, 6.45) is 7.92. The molecular weight excluding hydrogens is 228 g/mol. The number of hydrogen-bond donors (Lipinski definition) is 0. The number of fused-ring (bicyclic) bond motifs is 1. The summed E-state index contributed by atoms with van der Waals surface area (Å²) in [5, 5.41) is 0. The molecule has 3 heterocycles. The van der Waals surface area contributed by atoms with E-state index in [2.05, 4.69) is 26.8 Å². The van der Waals surface area contributed by atoms with E-state index in [4.69, 9.17) is 4.74 Å². The van der Waals surface area contributed by atoms with Crippen molar-refractivity contribution in [1.29, 1.82) is 0 Å². The standard InChI is InChI=1S/C13H20N4O/c1-16-8-9-18-12-3-7-17(6-2-11(12)16)13-10-14-4-5-15-13/h4-5,10-12H,2-3,6-9H2,1H3. The molecule has 2 aliphatic heterocycles. The summed E-state index contributed by atoms with van der Waals surface area (Å²) in [5.41, 5.74) is 0. The molecule has 2 atom stereocenters. The van der Waals surface area contributed by atoms with Gasteiger partial charge in [0, 0.05) is 38.1 Å². The Balaban J connectivity index is 1.71. The zero-order chi connectivity index (χ0) is 12.4. The lowest BCUT2D eigenvalue weighted by Crippen LogP contribution is -2.49. The lowest BCUT2D eigenvalue weighted by Gasteiger charge is -2.37. The smallest absolute Gasteiger partial charge is 0.147 e. The Labute approximate surface area is 108 Å². The van der Waals surface area contributed by atoms with E-state index < -0.39 is 0 Å². The van der Waals surface area contributed by atoms with Gasteiger partial charge in [-0.05, 0) is 19.9 Å². The second kappa shape index (κ2) is 5.20. The third kappa shape index (κ3) is 2.33. The highest BCUT2D eigenvalue weighted by Crippen LogP contribution is 2.24. The average molecular weight is 248 g/mol. The minimum atomic E-state index is 0.380. The van der Waals surface area contributed by atoms with Crippen LogP contribution in [-0.2, 0) is 4.74 Å². The van der Waals surface area contributed by atoms with E-state index in [1.807, 2.05) is 6.20 Å². The highest BCUT2D eigenvalue weighted by molar-refractivity contribution is 5.35. The molecule has 1 aromatic rings. The van der Waals surface area contributed by atoms with Crippen LogP contribution < -0.4 is 4.90 Å². The van der Waals surface area contributed by atoms with Gasteiger partial charge in [-0.2, -0.15) is 0 Å². The van der Waals surface area contributed by atoms with Gasteiger partial charge in [-0.15, -0.1) is 0 Å². The van der Waals surface area contributed by atoms with Crippen LogP contribution in [0.5, 0.6) is 0 Å². The molecule has 98 valence electrons. The minimum absolute atomic E-state index is 0.380.